The molecule has 15 heavy (non-hydrogen) atoms. The molecule has 4 heteroatoms. The Balaban J connectivity index is 2.10. The number of halogens is 1. The van der Waals surface area contributed by atoms with Gasteiger partial charge in [0.2, 0.25) is 0 Å². The molecule has 0 saturated carbocycles. The van der Waals surface area contributed by atoms with E-state index < -0.39 is 0 Å². The fraction of sp³-hybridized carbons (Fsp3) is 0.727. The predicted octanol–water partition coefficient (Wildman–Crippen LogP) is 1.87. The van der Waals surface area contributed by atoms with E-state index in [-0.39, 0.29) is 10.8 Å². The van der Waals surface area contributed by atoms with E-state index in [4.69, 9.17) is 0 Å². The van der Waals surface area contributed by atoms with Gasteiger partial charge in [0, 0.05) is 6.54 Å². The molecule has 1 rings (SSSR count). The number of hydrogen-bond donors (Lipinski definition) is 1. The van der Waals surface area contributed by atoms with Gasteiger partial charge in [0.15, 0.2) is 0 Å². The first-order chi connectivity index (χ1) is 7.24. The zero-order valence-corrected chi connectivity index (χ0v) is 10.6. The van der Waals surface area contributed by atoms with Crippen LogP contribution in [-0.4, -0.2) is 31.0 Å². The normalized spacial score (nSPS) is 22.4. The summed E-state index contributed by atoms with van der Waals surface area (Å²) >= 11 is 3.28. The fourth-order valence-corrected chi connectivity index (χ4v) is 2.08. The van der Waals surface area contributed by atoms with Gasteiger partial charge in [0.1, 0.15) is 4.83 Å². The lowest BCUT2D eigenvalue weighted by Crippen LogP contribution is -2.33. The Morgan fingerprint density at radius 2 is 2.47 bits per heavy atom. The number of esters is 1. The maximum Gasteiger partial charge on any atom is 0.320 e. The first kappa shape index (κ1) is 12.7. The number of rotatable bonds is 5. The van der Waals surface area contributed by atoms with E-state index in [9.17, 15) is 4.79 Å². The molecule has 2 unspecified atom stereocenters. The van der Waals surface area contributed by atoms with Crippen LogP contribution in [0.25, 0.3) is 0 Å². The fourth-order valence-electron chi connectivity index (χ4n) is 1.67. The van der Waals surface area contributed by atoms with Crippen LogP contribution >= 0.6 is 15.9 Å². The van der Waals surface area contributed by atoms with Crippen LogP contribution in [0, 0.1) is 5.92 Å². The van der Waals surface area contributed by atoms with Gasteiger partial charge < -0.3 is 10.1 Å². The second-order valence-corrected chi connectivity index (χ2v) is 4.90. The summed E-state index contributed by atoms with van der Waals surface area (Å²) in [6, 6.07) is 0. The minimum absolute atomic E-state index is 0.217. The van der Waals surface area contributed by atoms with Crippen LogP contribution in [0.5, 0.6) is 0 Å². The SMILES string of the molecule is COC(=O)C(Br)CNCC1CC=CCC1. The monoisotopic (exact) mass is 275 g/mol. The summed E-state index contributed by atoms with van der Waals surface area (Å²) in [4.78, 5) is 10.8. The highest BCUT2D eigenvalue weighted by atomic mass is 79.9. The summed E-state index contributed by atoms with van der Waals surface area (Å²) in [7, 11) is 1.41. The number of ether oxygens (including phenoxy) is 1. The van der Waals surface area contributed by atoms with E-state index in [0.29, 0.717) is 12.5 Å². The third-order valence-corrected chi connectivity index (χ3v) is 3.29. The van der Waals surface area contributed by atoms with Crippen molar-refractivity contribution in [3.63, 3.8) is 0 Å². The molecular weight excluding hydrogens is 258 g/mol. The largest absolute Gasteiger partial charge is 0.468 e. The Labute approximate surface area is 99.4 Å². The van der Waals surface area contributed by atoms with Crippen LogP contribution in [0.3, 0.4) is 0 Å². The predicted molar refractivity (Wildman–Crippen MR) is 64.1 cm³/mol. The summed E-state index contributed by atoms with van der Waals surface area (Å²) < 4.78 is 4.62. The number of allylic oxidation sites excluding steroid dienone is 2. The van der Waals surface area contributed by atoms with Crippen molar-refractivity contribution in [3.8, 4) is 0 Å². The van der Waals surface area contributed by atoms with Crippen LogP contribution < -0.4 is 5.32 Å². The molecule has 1 aliphatic rings. The molecular formula is C11H18BrNO2. The van der Waals surface area contributed by atoms with Crippen LogP contribution in [0.15, 0.2) is 12.2 Å². The van der Waals surface area contributed by atoms with Crippen LogP contribution in [0.4, 0.5) is 0 Å². The Kier molecular flexibility index (Phi) is 5.95. The van der Waals surface area contributed by atoms with Crippen molar-refractivity contribution in [2.75, 3.05) is 20.2 Å². The van der Waals surface area contributed by atoms with E-state index in [1.807, 2.05) is 0 Å². The summed E-state index contributed by atoms with van der Waals surface area (Å²) in [5, 5.41) is 3.29. The molecule has 1 aliphatic carbocycles. The molecule has 1 N–H and O–H groups in total. The van der Waals surface area contributed by atoms with Gasteiger partial charge in [-0.15, -0.1) is 0 Å². The van der Waals surface area contributed by atoms with E-state index in [2.05, 4.69) is 38.1 Å². The zero-order valence-electron chi connectivity index (χ0n) is 9.04. The number of alkyl halides is 1. The van der Waals surface area contributed by atoms with Gasteiger partial charge in [-0.3, -0.25) is 4.79 Å². The summed E-state index contributed by atoms with van der Waals surface area (Å²) in [5.74, 6) is 0.499. The molecule has 86 valence electrons. The van der Waals surface area contributed by atoms with Crippen molar-refractivity contribution >= 4 is 21.9 Å². The van der Waals surface area contributed by atoms with E-state index in [1.165, 1.54) is 20.0 Å². The van der Waals surface area contributed by atoms with Crippen LogP contribution in [0.2, 0.25) is 0 Å². The maximum absolute atomic E-state index is 11.1. The Morgan fingerprint density at radius 3 is 3.07 bits per heavy atom. The van der Waals surface area contributed by atoms with Crippen molar-refractivity contribution in [1.29, 1.82) is 0 Å². The highest BCUT2D eigenvalue weighted by Gasteiger charge is 2.15. The highest BCUT2D eigenvalue weighted by Crippen LogP contribution is 2.16. The Hall–Kier alpha value is -0.350. The molecule has 0 aromatic rings. The van der Waals surface area contributed by atoms with Gasteiger partial charge in [0.25, 0.3) is 0 Å². The van der Waals surface area contributed by atoms with Crippen molar-refractivity contribution in [2.24, 2.45) is 5.92 Å². The topological polar surface area (TPSA) is 38.3 Å². The molecule has 3 nitrogen and oxygen atoms in total. The third kappa shape index (κ3) is 4.80. The number of nitrogens with one attached hydrogen (secondary N) is 1. The van der Waals surface area contributed by atoms with Crippen molar-refractivity contribution in [1.82, 2.24) is 5.32 Å². The standard InChI is InChI=1S/C11H18BrNO2/c1-15-11(14)10(12)8-13-7-9-5-3-2-4-6-9/h2-3,9-10,13H,4-8H2,1H3. The molecule has 0 radical (unpaired) electrons. The van der Waals surface area contributed by atoms with Gasteiger partial charge in [-0.05, 0) is 31.7 Å². The first-order valence-corrected chi connectivity index (χ1v) is 6.23. The molecule has 0 spiro atoms. The quantitative estimate of drug-likeness (QED) is 0.473. The molecule has 0 heterocycles. The smallest absolute Gasteiger partial charge is 0.320 e. The van der Waals surface area contributed by atoms with Gasteiger partial charge in [0.05, 0.1) is 7.11 Å². The minimum atomic E-state index is -0.235. The molecule has 0 aliphatic heterocycles. The Morgan fingerprint density at radius 1 is 1.67 bits per heavy atom. The lowest BCUT2D eigenvalue weighted by atomic mass is 9.94. The number of methoxy groups -OCH3 is 1. The lowest BCUT2D eigenvalue weighted by Gasteiger charge is -2.18. The number of hydrogen-bond acceptors (Lipinski definition) is 3. The summed E-state index contributed by atoms with van der Waals surface area (Å²) in [5.41, 5.74) is 0. The third-order valence-electron chi connectivity index (χ3n) is 2.59. The summed E-state index contributed by atoms with van der Waals surface area (Å²) in [6.45, 7) is 1.61. The summed E-state index contributed by atoms with van der Waals surface area (Å²) in [6.07, 6.45) is 8.05. The average molecular weight is 276 g/mol. The van der Waals surface area contributed by atoms with Crippen molar-refractivity contribution in [2.45, 2.75) is 24.1 Å². The van der Waals surface area contributed by atoms with Gasteiger partial charge in [-0.2, -0.15) is 0 Å². The molecule has 0 aromatic heterocycles. The molecule has 0 bridgehead atoms. The van der Waals surface area contributed by atoms with E-state index >= 15 is 0 Å². The van der Waals surface area contributed by atoms with Gasteiger partial charge in [-0.25, -0.2) is 0 Å². The zero-order chi connectivity index (χ0) is 11.1. The van der Waals surface area contributed by atoms with Crippen LogP contribution in [0.1, 0.15) is 19.3 Å². The molecule has 0 amide bonds. The lowest BCUT2D eigenvalue weighted by molar-refractivity contribution is -0.139. The second-order valence-electron chi connectivity index (χ2n) is 3.80. The highest BCUT2D eigenvalue weighted by molar-refractivity contribution is 9.10. The first-order valence-electron chi connectivity index (χ1n) is 5.31. The number of carbonyl (C=O) groups is 1. The Bertz CT molecular complexity index is 231. The van der Waals surface area contributed by atoms with Gasteiger partial charge in [-0.1, -0.05) is 28.1 Å². The molecule has 0 saturated heterocycles. The molecule has 0 fully saturated rings. The molecule has 0 aromatic carbocycles. The second kappa shape index (κ2) is 7.01. The van der Waals surface area contributed by atoms with E-state index in [1.54, 1.807) is 0 Å². The molecule has 2 atom stereocenters. The minimum Gasteiger partial charge on any atom is -0.468 e. The van der Waals surface area contributed by atoms with Crippen molar-refractivity contribution in [3.05, 3.63) is 12.2 Å². The van der Waals surface area contributed by atoms with Gasteiger partial charge >= 0.3 is 5.97 Å². The average Bonchev–Trinajstić information content (AvgIpc) is 2.29. The number of carbonyl (C=O) groups excluding carboxylic acids is 1. The van der Waals surface area contributed by atoms with E-state index in [0.717, 1.165) is 13.0 Å². The van der Waals surface area contributed by atoms with Crippen molar-refractivity contribution < 1.29 is 9.53 Å². The van der Waals surface area contributed by atoms with Crippen LogP contribution in [-0.2, 0) is 9.53 Å². The maximum atomic E-state index is 11.1.